The Morgan fingerprint density at radius 3 is 2.81 bits per heavy atom. The van der Waals surface area contributed by atoms with Gasteiger partial charge in [-0.05, 0) is 31.4 Å². The first kappa shape index (κ1) is 19.8. The van der Waals surface area contributed by atoms with E-state index in [9.17, 15) is 4.79 Å². The maximum absolute atomic E-state index is 11.4. The molecule has 0 fully saturated rings. The van der Waals surface area contributed by atoms with Gasteiger partial charge in [0.05, 0.1) is 6.61 Å². The first-order valence-electron chi connectivity index (χ1n) is 6.82. The van der Waals surface area contributed by atoms with E-state index in [1.807, 2.05) is 0 Å². The largest absolute Gasteiger partial charge is 0.460 e. The number of nitrogens with one attached hydrogen (secondary N) is 1. The summed E-state index contributed by atoms with van der Waals surface area (Å²) in [6.07, 6.45) is 1.03. The maximum Gasteiger partial charge on any atom is 0.374 e. The van der Waals surface area contributed by atoms with E-state index in [1.165, 1.54) is 0 Å². The number of carbonyl (C=O) groups is 1. The fraction of sp³-hybridized carbons (Fsp3) is 0.571. The molecule has 7 heteroatoms. The van der Waals surface area contributed by atoms with E-state index >= 15 is 0 Å². The second kappa shape index (κ2) is 10.5. The van der Waals surface area contributed by atoms with Gasteiger partial charge in [-0.1, -0.05) is 13.8 Å². The van der Waals surface area contributed by atoms with Crippen LogP contribution in [-0.2, 0) is 11.3 Å². The highest BCUT2D eigenvalue weighted by atomic mass is 127. The minimum atomic E-state index is -0.467. The van der Waals surface area contributed by atoms with E-state index < -0.39 is 5.97 Å². The smallest absolute Gasteiger partial charge is 0.374 e. The van der Waals surface area contributed by atoms with Gasteiger partial charge in [0.2, 0.25) is 5.76 Å². The van der Waals surface area contributed by atoms with E-state index in [2.05, 4.69) is 24.2 Å². The van der Waals surface area contributed by atoms with E-state index in [4.69, 9.17) is 14.9 Å². The predicted molar refractivity (Wildman–Crippen MR) is 92.9 cm³/mol. The Morgan fingerprint density at radius 2 is 2.19 bits per heavy atom. The molecule has 1 aromatic heterocycles. The lowest BCUT2D eigenvalue weighted by molar-refractivity contribution is 0.0488. The first-order valence-corrected chi connectivity index (χ1v) is 6.82. The van der Waals surface area contributed by atoms with Crippen molar-refractivity contribution in [2.45, 2.75) is 33.7 Å². The molecule has 0 aliphatic heterocycles. The Bertz CT molecular complexity index is 458. The number of furan rings is 1. The van der Waals surface area contributed by atoms with Crippen molar-refractivity contribution >= 4 is 35.9 Å². The molecule has 0 atom stereocenters. The normalized spacial score (nSPS) is 11.1. The summed E-state index contributed by atoms with van der Waals surface area (Å²) >= 11 is 0. The third-order valence-electron chi connectivity index (χ3n) is 2.57. The monoisotopic (exact) mass is 409 g/mol. The second-order valence-electron chi connectivity index (χ2n) is 4.80. The zero-order valence-corrected chi connectivity index (χ0v) is 15.0. The Hall–Kier alpha value is -1.25. The number of esters is 1. The molecule has 0 spiro atoms. The van der Waals surface area contributed by atoms with Gasteiger partial charge in [0.15, 0.2) is 5.96 Å². The number of hydrogen-bond acceptors (Lipinski definition) is 4. The molecule has 0 radical (unpaired) electrons. The Labute approximate surface area is 142 Å². The van der Waals surface area contributed by atoms with E-state index in [-0.39, 0.29) is 29.7 Å². The summed E-state index contributed by atoms with van der Waals surface area (Å²) in [5.74, 6) is 1.28. The summed E-state index contributed by atoms with van der Waals surface area (Å²) in [5.41, 5.74) is 5.73. The van der Waals surface area contributed by atoms with Crippen LogP contribution in [0, 0.1) is 5.92 Å². The minimum Gasteiger partial charge on any atom is -0.460 e. The summed E-state index contributed by atoms with van der Waals surface area (Å²) in [7, 11) is 0. The zero-order valence-electron chi connectivity index (χ0n) is 12.7. The first-order chi connectivity index (χ1) is 9.52. The quantitative estimate of drug-likeness (QED) is 0.313. The molecule has 0 saturated carbocycles. The van der Waals surface area contributed by atoms with Crippen LogP contribution in [0.3, 0.4) is 0 Å². The fourth-order valence-electron chi connectivity index (χ4n) is 1.48. The molecule has 0 amide bonds. The lowest BCUT2D eigenvalue weighted by Crippen LogP contribution is -2.32. The van der Waals surface area contributed by atoms with E-state index in [1.54, 1.807) is 19.1 Å². The maximum atomic E-state index is 11.4. The van der Waals surface area contributed by atoms with Crippen molar-refractivity contribution in [3.8, 4) is 0 Å². The topological polar surface area (TPSA) is 89.8 Å². The van der Waals surface area contributed by atoms with Crippen molar-refractivity contribution in [2.75, 3.05) is 13.2 Å². The van der Waals surface area contributed by atoms with Crippen molar-refractivity contribution in [1.29, 1.82) is 0 Å². The van der Waals surface area contributed by atoms with Crippen LogP contribution in [0.2, 0.25) is 0 Å². The molecule has 1 heterocycles. The van der Waals surface area contributed by atoms with Crippen LogP contribution in [-0.4, -0.2) is 25.1 Å². The highest BCUT2D eigenvalue weighted by molar-refractivity contribution is 14.0. The van der Waals surface area contributed by atoms with Crippen LogP contribution in [0.5, 0.6) is 0 Å². The third kappa shape index (κ3) is 7.93. The molecule has 0 unspecified atom stereocenters. The number of halogens is 1. The van der Waals surface area contributed by atoms with Crippen LogP contribution in [0.1, 0.15) is 43.5 Å². The molecular formula is C14H24IN3O3. The van der Waals surface area contributed by atoms with Gasteiger partial charge in [-0.25, -0.2) is 9.79 Å². The molecule has 120 valence electrons. The van der Waals surface area contributed by atoms with Gasteiger partial charge in [-0.3, -0.25) is 0 Å². The molecule has 3 N–H and O–H groups in total. The molecule has 0 aromatic carbocycles. The highest BCUT2D eigenvalue weighted by Gasteiger charge is 2.11. The van der Waals surface area contributed by atoms with Crippen LogP contribution in [0.4, 0.5) is 0 Å². The standard InChI is InChI=1S/C14H23N3O3.HI/c1-4-19-13(18)12-6-5-11(20-12)9-17-14(15)16-8-7-10(2)3;/h5-6,10H,4,7-9H2,1-3H3,(H3,15,16,17);1H. The zero-order chi connectivity index (χ0) is 15.0. The van der Waals surface area contributed by atoms with Crippen LogP contribution < -0.4 is 11.1 Å². The van der Waals surface area contributed by atoms with Gasteiger partial charge in [0.1, 0.15) is 12.3 Å². The average Bonchev–Trinajstić information content (AvgIpc) is 2.85. The number of carbonyl (C=O) groups excluding carboxylic acids is 1. The van der Waals surface area contributed by atoms with Crippen molar-refractivity contribution in [2.24, 2.45) is 16.6 Å². The van der Waals surface area contributed by atoms with Gasteiger partial charge in [0, 0.05) is 6.54 Å². The highest BCUT2D eigenvalue weighted by Crippen LogP contribution is 2.10. The molecule has 6 nitrogen and oxygen atoms in total. The molecule has 0 aliphatic carbocycles. The van der Waals surface area contributed by atoms with Gasteiger partial charge in [-0.2, -0.15) is 0 Å². The summed E-state index contributed by atoms with van der Waals surface area (Å²) in [6.45, 7) is 7.44. The van der Waals surface area contributed by atoms with Crippen molar-refractivity contribution in [3.63, 3.8) is 0 Å². The molecular weight excluding hydrogens is 385 g/mol. The molecule has 0 bridgehead atoms. The SMILES string of the molecule is CCOC(=O)c1ccc(CN=C(N)NCCC(C)C)o1.I. The summed E-state index contributed by atoms with van der Waals surface area (Å²) in [5, 5.41) is 3.03. The van der Waals surface area contributed by atoms with Crippen LogP contribution in [0.25, 0.3) is 0 Å². The second-order valence-corrected chi connectivity index (χ2v) is 4.80. The number of hydrogen-bond donors (Lipinski definition) is 2. The number of aliphatic imine (C=N–C) groups is 1. The van der Waals surface area contributed by atoms with Crippen LogP contribution >= 0.6 is 24.0 Å². The molecule has 0 saturated heterocycles. The average molecular weight is 409 g/mol. The van der Waals surface area contributed by atoms with Crippen LogP contribution in [0.15, 0.2) is 21.5 Å². The number of rotatable bonds is 7. The third-order valence-corrected chi connectivity index (χ3v) is 2.57. The van der Waals surface area contributed by atoms with E-state index in [0.717, 1.165) is 13.0 Å². The Balaban J connectivity index is 0.00000400. The van der Waals surface area contributed by atoms with Crippen molar-refractivity contribution in [1.82, 2.24) is 5.32 Å². The predicted octanol–water partition coefficient (Wildman–Crippen LogP) is 2.52. The summed E-state index contributed by atoms with van der Waals surface area (Å²) < 4.78 is 10.2. The summed E-state index contributed by atoms with van der Waals surface area (Å²) in [6, 6.07) is 3.27. The van der Waals surface area contributed by atoms with E-state index in [0.29, 0.717) is 30.8 Å². The molecule has 1 aromatic rings. The van der Waals surface area contributed by atoms with Gasteiger partial charge in [0.25, 0.3) is 0 Å². The lowest BCUT2D eigenvalue weighted by atomic mass is 10.1. The number of nitrogens with two attached hydrogens (primary N) is 1. The summed E-state index contributed by atoms with van der Waals surface area (Å²) in [4.78, 5) is 15.6. The van der Waals surface area contributed by atoms with Gasteiger partial charge < -0.3 is 20.2 Å². The molecule has 0 aliphatic rings. The number of guanidine groups is 1. The molecule has 1 rings (SSSR count). The van der Waals surface area contributed by atoms with Crippen molar-refractivity contribution < 1.29 is 13.9 Å². The fourth-order valence-corrected chi connectivity index (χ4v) is 1.48. The Morgan fingerprint density at radius 1 is 1.48 bits per heavy atom. The van der Waals surface area contributed by atoms with Gasteiger partial charge >= 0.3 is 5.97 Å². The Kier molecular flexibility index (Phi) is 9.85. The molecule has 21 heavy (non-hydrogen) atoms. The van der Waals surface area contributed by atoms with Gasteiger partial charge in [-0.15, -0.1) is 24.0 Å². The lowest BCUT2D eigenvalue weighted by Gasteiger charge is -2.06. The minimum absolute atomic E-state index is 0. The number of ether oxygens (including phenoxy) is 1. The number of nitrogens with zero attached hydrogens (tertiary/aromatic N) is 1. The van der Waals surface area contributed by atoms with Crippen molar-refractivity contribution in [3.05, 3.63) is 23.7 Å².